The maximum atomic E-state index is 13.0. The van der Waals surface area contributed by atoms with Gasteiger partial charge in [-0.05, 0) is 60.8 Å². The molecule has 0 saturated carbocycles. The largest absolute Gasteiger partial charge is 0.462 e. The molecule has 2 atom stereocenters. The highest BCUT2D eigenvalue weighted by Gasteiger charge is 2.32. The van der Waals surface area contributed by atoms with E-state index in [1.165, 1.54) is 28.6 Å². The van der Waals surface area contributed by atoms with Crippen molar-refractivity contribution in [3.63, 3.8) is 0 Å². The highest BCUT2D eigenvalue weighted by molar-refractivity contribution is 7.89. The number of piperidine rings is 1. The smallest absolute Gasteiger partial charge is 0.341 e. The molecule has 1 amide bonds. The zero-order valence-corrected chi connectivity index (χ0v) is 20.1. The number of amides is 1. The Morgan fingerprint density at radius 3 is 2.36 bits per heavy atom. The van der Waals surface area contributed by atoms with Crippen molar-refractivity contribution in [1.82, 2.24) is 4.31 Å². The summed E-state index contributed by atoms with van der Waals surface area (Å²) in [6, 6.07) is 6.50. The van der Waals surface area contributed by atoms with Crippen LogP contribution in [0.5, 0.6) is 0 Å². The van der Waals surface area contributed by atoms with Gasteiger partial charge in [-0.2, -0.15) is 4.31 Å². The van der Waals surface area contributed by atoms with E-state index in [4.69, 9.17) is 4.74 Å². The second-order valence-corrected chi connectivity index (χ2v) is 11.0. The number of hydrogen-bond acceptors (Lipinski definition) is 8. The molecule has 1 saturated heterocycles. The van der Waals surface area contributed by atoms with E-state index >= 15 is 0 Å². The maximum absolute atomic E-state index is 13.0. The molecule has 1 aliphatic rings. The van der Waals surface area contributed by atoms with Crippen molar-refractivity contribution in [2.75, 3.05) is 25.0 Å². The average Bonchev–Trinajstić information content (AvgIpc) is 3.17. The zero-order valence-electron chi connectivity index (χ0n) is 18.4. The second-order valence-electron chi connectivity index (χ2n) is 8.05. The SMILES string of the molecule is CCOC(=O)c1cc([N+](=O)[O-])sc1NC(=O)c1ccc(S(=O)(=O)N2CC(C)CC(C)C2)cc1. The van der Waals surface area contributed by atoms with Crippen LogP contribution in [0, 0.1) is 22.0 Å². The number of sulfonamides is 1. The third kappa shape index (κ3) is 5.57. The van der Waals surface area contributed by atoms with Crippen LogP contribution in [-0.4, -0.2) is 49.2 Å². The minimum Gasteiger partial charge on any atom is -0.462 e. The standard InChI is InChI=1S/C21H25N3O7S2/c1-4-31-21(26)17-10-18(24(27)28)32-20(17)22-19(25)15-5-7-16(8-6-15)33(29,30)23-11-13(2)9-14(3)12-23/h5-8,10,13-14H,4,9,11-12H2,1-3H3,(H,22,25). The number of nitrogens with zero attached hydrogens (tertiary/aromatic N) is 2. The number of carbonyl (C=O) groups excluding carboxylic acids is 2. The number of esters is 1. The normalized spacial score (nSPS) is 19.1. The van der Waals surface area contributed by atoms with Gasteiger partial charge in [0, 0.05) is 24.7 Å². The van der Waals surface area contributed by atoms with E-state index in [1.54, 1.807) is 6.92 Å². The van der Waals surface area contributed by atoms with Gasteiger partial charge in [0.2, 0.25) is 10.0 Å². The minimum absolute atomic E-state index is 0.0156. The van der Waals surface area contributed by atoms with Crippen molar-refractivity contribution >= 4 is 43.2 Å². The average molecular weight is 496 g/mol. The first-order chi connectivity index (χ1) is 15.5. The number of benzene rings is 1. The number of carbonyl (C=O) groups is 2. The van der Waals surface area contributed by atoms with Gasteiger partial charge >= 0.3 is 11.0 Å². The van der Waals surface area contributed by atoms with Gasteiger partial charge in [-0.15, -0.1) is 0 Å². The molecule has 1 aromatic heterocycles. The lowest BCUT2D eigenvalue weighted by Gasteiger charge is -2.34. The molecule has 0 bridgehead atoms. The number of thiophene rings is 1. The number of ether oxygens (including phenoxy) is 1. The molecule has 1 N–H and O–H groups in total. The molecule has 0 spiro atoms. The molecule has 2 aromatic rings. The van der Waals surface area contributed by atoms with Crippen LogP contribution in [0.4, 0.5) is 10.0 Å². The van der Waals surface area contributed by atoms with Crippen LogP contribution in [0.25, 0.3) is 0 Å². The lowest BCUT2D eigenvalue weighted by atomic mass is 9.94. The summed E-state index contributed by atoms with van der Waals surface area (Å²) in [6.07, 6.45) is 0.972. The lowest BCUT2D eigenvalue weighted by molar-refractivity contribution is -0.380. The molecule has 0 aliphatic carbocycles. The molecular weight excluding hydrogens is 470 g/mol. The van der Waals surface area contributed by atoms with Crippen molar-refractivity contribution in [3.05, 3.63) is 51.6 Å². The van der Waals surface area contributed by atoms with Crippen molar-refractivity contribution in [2.24, 2.45) is 11.8 Å². The summed E-state index contributed by atoms with van der Waals surface area (Å²) in [4.78, 5) is 35.3. The van der Waals surface area contributed by atoms with Gasteiger partial charge in [-0.1, -0.05) is 13.8 Å². The van der Waals surface area contributed by atoms with E-state index in [1.807, 2.05) is 13.8 Å². The monoisotopic (exact) mass is 495 g/mol. The zero-order chi connectivity index (χ0) is 24.3. The molecule has 1 aliphatic heterocycles. The van der Waals surface area contributed by atoms with Crippen molar-refractivity contribution in [3.8, 4) is 0 Å². The summed E-state index contributed by atoms with van der Waals surface area (Å²) in [6.45, 7) is 6.60. The quantitative estimate of drug-likeness (QED) is 0.351. The van der Waals surface area contributed by atoms with Crippen LogP contribution in [0.3, 0.4) is 0 Å². The van der Waals surface area contributed by atoms with Crippen molar-refractivity contribution in [2.45, 2.75) is 32.1 Å². The third-order valence-corrected chi connectivity index (χ3v) is 8.06. The Morgan fingerprint density at radius 2 is 1.82 bits per heavy atom. The number of nitro groups is 1. The van der Waals surface area contributed by atoms with E-state index < -0.39 is 26.8 Å². The Hall–Kier alpha value is -2.83. The number of anilines is 1. The van der Waals surface area contributed by atoms with Crippen LogP contribution in [-0.2, 0) is 14.8 Å². The fourth-order valence-electron chi connectivity index (χ4n) is 3.83. The van der Waals surface area contributed by atoms with Gasteiger partial charge < -0.3 is 10.1 Å². The highest BCUT2D eigenvalue weighted by Crippen LogP contribution is 2.34. The second kappa shape index (κ2) is 9.98. The van der Waals surface area contributed by atoms with Gasteiger partial charge in [0.05, 0.1) is 16.4 Å². The first-order valence-electron chi connectivity index (χ1n) is 10.4. The van der Waals surface area contributed by atoms with E-state index in [9.17, 15) is 28.1 Å². The highest BCUT2D eigenvalue weighted by atomic mass is 32.2. The Kier molecular flexibility index (Phi) is 7.50. The van der Waals surface area contributed by atoms with Crippen LogP contribution >= 0.6 is 11.3 Å². The summed E-state index contributed by atoms with van der Waals surface area (Å²) in [7, 11) is -3.69. The number of nitrogens with one attached hydrogen (secondary N) is 1. The van der Waals surface area contributed by atoms with Crippen LogP contribution in [0.2, 0.25) is 0 Å². The fraction of sp³-hybridized carbons (Fsp3) is 0.429. The summed E-state index contributed by atoms with van der Waals surface area (Å²) in [5.41, 5.74) is 0.0228. The van der Waals surface area contributed by atoms with E-state index in [2.05, 4.69) is 5.32 Å². The number of hydrogen-bond donors (Lipinski definition) is 1. The van der Waals surface area contributed by atoms with Gasteiger partial charge in [-0.3, -0.25) is 14.9 Å². The molecule has 1 fully saturated rings. The fourth-order valence-corrected chi connectivity index (χ4v) is 6.36. The third-order valence-electron chi connectivity index (χ3n) is 5.21. The Labute approximate surface area is 195 Å². The molecule has 178 valence electrons. The summed E-state index contributed by atoms with van der Waals surface area (Å²) < 4.78 is 32.4. The van der Waals surface area contributed by atoms with Crippen LogP contribution in [0.1, 0.15) is 47.9 Å². The number of rotatable bonds is 7. The topological polar surface area (TPSA) is 136 Å². The van der Waals surface area contributed by atoms with Crippen LogP contribution < -0.4 is 5.32 Å². The summed E-state index contributed by atoms with van der Waals surface area (Å²) in [5.74, 6) is -0.904. The predicted molar refractivity (Wildman–Crippen MR) is 123 cm³/mol. The molecule has 10 nitrogen and oxygen atoms in total. The van der Waals surface area contributed by atoms with Crippen LogP contribution in [0.15, 0.2) is 35.2 Å². The van der Waals surface area contributed by atoms with Gasteiger partial charge in [-0.25, -0.2) is 13.2 Å². The molecule has 0 radical (unpaired) electrons. The van der Waals surface area contributed by atoms with Gasteiger partial charge in [0.1, 0.15) is 10.6 Å². The summed E-state index contributed by atoms with van der Waals surface area (Å²) in [5, 5.41) is 13.2. The molecule has 33 heavy (non-hydrogen) atoms. The molecule has 2 unspecified atom stereocenters. The molecule has 2 heterocycles. The van der Waals surface area contributed by atoms with Crippen molar-refractivity contribution < 1.29 is 27.7 Å². The first kappa shape index (κ1) is 24.8. The molecular formula is C21H25N3O7S2. The van der Waals surface area contributed by atoms with Crippen molar-refractivity contribution in [1.29, 1.82) is 0 Å². The van der Waals surface area contributed by atoms with E-state index in [0.717, 1.165) is 12.5 Å². The molecule has 1 aromatic carbocycles. The Bertz CT molecular complexity index is 1150. The Morgan fingerprint density at radius 1 is 1.21 bits per heavy atom. The summed E-state index contributed by atoms with van der Waals surface area (Å²) >= 11 is 0.637. The van der Waals surface area contributed by atoms with Gasteiger partial charge in [0.15, 0.2) is 0 Å². The van der Waals surface area contributed by atoms with Gasteiger partial charge in [0.25, 0.3) is 5.91 Å². The predicted octanol–water partition coefficient (Wildman–Crippen LogP) is 3.75. The minimum atomic E-state index is -3.69. The lowest BCUT2D eigenvalue weighted by Crippen LogP contribution is -2.42. The Balaban J connectivity index is 1.80. The van der Waals surface area contributed by atoms with E-state index in [0.29, 0.717) is 24.4 Å². The molecule has 3 rings (SSSR count). The molecule has 12 heteroatoms. The van der Waals surface area contributed by atoms with E-state index in [-0.39, 0.29) is 44.5 Å². The maximum Gasteiger partial charge on any atom is 0.341 e. The first-order valence-corrected chi connectivity index (χ1v) is 12.7.